The first-order valence-electron chi connectivity index (χ1n) is 7.39. The van der Waals surface area contributed by atoms with Gasteiger partial charge in [-0.05, 0) is 25.5 Å². The smallest absolute Gasteiger partial charge is 0.257 e. The van der Waals surface area contributed by atoms with Crippen LogP contribution in [0.3, 0.4) is 0 Å². The van der Waals surface area contributed by atoms with Crippen LogP contribution in [-0.2, 0) is 0 Å². The van der Waals surface area contributed by atoms with E-state index in [1.165, 1.54) is 0 Å². The molecule has 0 fully saturated rings. The molecule has 116 valence electrons. The molecule has 2 heterocycles. The summed E-state index contributed by atoms with van der Waals surface area (Å²) in [6, 6.07) is 13.1. The molecule has 0 aliphatic rings. The molecule has 1 atom stereocenters. The maximum atomic E-state index is 12.7. The number of rotatable bonds is 4. The lowest BCUT2D eigenvalue weighted by Gasteiger charge is -2.14. The lowest BCUT2D eigenvalue weighted by Crippen LogP contribution is -2.27. The normalized spacial score (nSPS) is 11.9. The minimum atomic E-state index is -0.209. The zero-order valence-corrected chi connectivity index (χ0v) is 13.0. The van der Waals surface area contributed by atoms with Crippen molar-refractivity contribution in [3.8, 4) is 11.3 Å². The van der Waals surface area contributed by atoms with Gasteiger partial charge in [0.15, 0.2) is 0 Å². The molecule has 0 spiro atoms. The summed E-state index contributed by atoms with van der Waals surface area (Å²) in [5.74, 6) is 0.290. The lowest BCUT2D eigenvalue weighted by atomic mass is 10.0. The molecule has 5 heteroatoms. The molecule has 0 saturated heterocycles. The van der Waals surface area contributed by atoms with Crippen LogP contribution in [0, 0.1) is 6.92 Å². The predicted octanol–water partition coefficient (Wildman–Crippen LogP) is 3.54. The van der Waals surface area contributed by atoms with Crippen molar-refractivity contribution >= 4 is 5.91 Å². The van der Waals surface area contributed by atoms with Crippen LogP contribution in [-0.4, -0.2) is 16.0 Å². The number of hydrogen-bond acceptors (Lipinski definition) is 4. The second-order valence-corrected chi connectivity index (χ2v) is 5.31. The van der Waals surface area contributed by atoms with Crippen molar-refractivity contribution in [3.05, 3.63) is 71.7 Å². The molecule has 0 aliphatic carbocycles. The van der Waals surface area contributed by atoms with Crippen LogP contribution in [0.5, 0.6) is 0 Å². The van der Waals surface area contributed by atoms with Gasteiger partial charge in [-0.25, -0.2) is 0 Å². The van der Waals surface area contributed by atoms with Gasteiger partial charge < -0.3 is 9.84 Å². The number of pyridine rings is 1. The third-order valence-electron chi connectivity index (χ3n) is 3.67. The van der Waals surface area contributed by atoms with Gasteiger partial charge in [-0.2, -0.15) is 0 Å². The number of carbonyl (C=O) groups excluding carboxylic acids is 1. The fourth-order valence-electron chi connectivity index (χ4n) is 2.42. The van der Waals surface area contributed by atoms with Gasteiger partial charge in [-0.1, -0.05) is 41.6 Å². The molecule has 0 radical (unpaired) electrons. The molecular formula is C18H17N3O2. The highest BCUT2D eigenvalue weighted by molar-refractivity contribution is 6.00. The molecule has 3 rings (SSSR count). The molecule has 23 heavy (non-hydrogen) atoms. The first-order chi connectivity index (χ1) is 11.2. The van der Waals surface area contributed by atoms with Crippen molar-refractivity contribution in [1.82, 2.24) is 15.5 Å². The van der Waals surface area contributed by atoms with Crippen LogP contribution in [0.2, 0.25) is 0 Å². The van der Waals surface area contributed by atoms with Gasteiger partial charge >= 0.3 is 0 Å². The Hall–Kier alpha value is -2.95. The average molecular weight is 307 g/mol. The quantitative estimate of drug-likeness (QED) is 0.800. The van der Waals surface area contributed by atoms with Gasteiger partial charge in [0.25, 0.3) is 5.91 Å². The first kappa shape index (κ1) is 15.0. The molecule has 2 aromatic heterocycles. The predicted molar refractivity (Wildman–Crippen MR) is 86.8 cm³/mol. The first-order valence-corrected chi connectivity index (χ1v) is 7.39. The number of aryl methyl sites for hydroxylation is 1. The van der Waals surface area contributed by atoms with Crippen molar-refractivity contribution in [2.75, 3.05) is 0 Å². The standard InChI is InChI=1S/C18H17N3O2/c1-12(15-9-6-10-19-11-15)20-18(22)16-13(2)23-21-17(16)14-7-4-3-5-8-14/h3-12H,1-2H3,(H,20,22). The maximum absolute atomic E-state index is 12.7. The van der Waals surface area contributed by atoms with Gasteiger partial charge in [0, 0.05) is 18.0 Å². The van der Waals surface area contributed by atoms with E-state index in [1.54, 1.807) is 19.3 Å². The maximum Gasteiger partial charge on any atom is 0.257 e. The molecule has 1 aromatic carbocycles. The minimum Gasteiger partial charge on any atom is -0.360 e. The Morgan fingerprint density at radius 3 is 2.65 bits per heavy atom. The van der Waals surface area contributed by atoms with Gasteiger partial charge in [-0.15, -0.1) is 0 Å². The highest BCUT2D eigenvalue weighted by atomic mass is 16.5. The topological polar surface area (TPSA) is 68.0 Å². The zero-order chi connectivity index (χ0) is 16.2. The van der Waals surface area contributed by atoms with Gasteiger partial charge in [0.05, 0.1) is 6.04 Å². The summed E-state index contributed by atoms with van der Waals surface area (Å²) in [5, 5.41) is 7.01. The Balaban J connectivity index is 1.87. The summed E-state index contributed by atoms with van der Waals surface area (Å²) < 4.78 is 5.24. The number of nitrogens with one attached hydrogen (secondary N) is 1. The highest BCUT2D eigenvalue weighted by Gasteiger charge is 2.22. The van der Waals surface area contributed by atoms with E-state index in [9.17, 15) is 4.79 Å². The molecule has 5 nitrogen and oxygen atoms in total. The molecule has 0 bridgehead atoms. The monoisotopic (exact) mass is 307 g/mol. The Labute approximate surface area is 134 Å². The van der Waals surface area contributed by atoms with Crippen LogP contribution < -0.4 is 5.32 Å². The Bertz CT molecular complexity index is 798. The summed E-state index contributed by atoms with van der Waals surface area (Å²) in [4.78, 5) is 16.7. The van der Waals surface area contributed by atoms with Crippen molar-refractivity contribution in [3.63, 3.8) is 0 Å². The summed E-state index contributed by atoms with van der Waals surface area (Å²) >= 11 is 0. The molecule has 1 N–H and O–H groups in total. The summed E-state index contributed by atoms with van der Waals surface area (Å²) in [6.45, 7) is 3.66. The van der Waals surface area contributed by atoms with E-state index in [-0.39, 0.29) is 11.9 Å². The molecule has 0 aliphatic heterocycles. The van der Waals surface area contributed by atoms with Crippen LogP contribution in [0.1, 0.15) is 34.6 Å². The van der Waals surface area contributed by atoms with E-state index in [2.05, 4.69) is 15.5 Å². The zero-order valence-electron chi connectivity index (χ0n) is 13.0. The highest BCUT2D eigenvalue weighted by Crippen LogP contribution is 2.25. The number of nitrogens with zero attached hydrogens (tertiary/aromatic N) is 2. The van der Waals surface area contributed by atoms with E-state index in [0.29, 0.717) is 17.0 Å². The fourth-order valence-corrected chi connectivity index (χ4v) is 2.42. The number of benzene rings is 1. The second kappa shape index (κ2) is 6.44. The lowest BCUT2D eigenvalue weighted by molar-refractivity contribution is 0.0939. The minimum absolute atomic E-state index is 0.158. The SMILES string of the molecule is Cc1onc(-c2ccccc2)c1C(=O)NC(C)c1cccnc1. The molecule has 1 unspecified atom stereocenters. The van der Waals surface area contributed by atoms with Gasteiger partial charge in [0.1, 0.15) is 17.0 Å². The van der Waals surface area contributed by atoms with Crippen LogP contribution in [0.4, 0.5) is 0 Å². The van der Waals surface area contributed by atoms with E-state index >= 15 is 0 Å². The van der Waals surface area contributed by atoms with Crippen molar-refractivity contribution in [2.24, 2.45) is 0 Å². The molecular weight excluding hydrogens is 290 g/mol. The van der Waals surface area contributed by atoms with Gasteiger partial charge in [0.2, 0.25) is 0 Å². The molecule has 1 amide bonds. The Morgan fingerprint density at radius 2 is 1.96 bits per heavy atom. The number of amides is 1. The number of carbonyl (C=O) groups is 1. The van der Waals surface area contributed by atoms with Crippen molar-refractivity contribution < 1.29 is 9.32 Å². The third kappa shape index (κ3) is 3.13. The van der Waals surface area contributed by atoms with Gasteiger partial charge in [-0.3, -0.25) is 9.78 Å². The largest absolute Gasteiger partial charge is 0.360 e. The Morgan fingerprint density at radius 1 is 1.17 bits per heavy atom. The van der Waals surface area contributed by atoms with E-state index in [4.69, 9.17) is 4.52 Å². The Kier molecular flexibility index (Phi) is 4.19. The van der Waals surface area contributed by atoms with E-state index < -0.39 is 0 Å². The van der Waals surface area contributed by atoms with Crippen LogP contribution in [0.15, 0.2) is 59.4 Å². The number of hydrogen-bond donors (Lipinski definition) is 1. The van der Waals surface area contributed by atoms with Crippen LogP contribution in [0.25, 0.3) is 11.3 Å². The van der Waals surface area contributed by atoms with E-state index in [0.717, 1.165) is 11.1 Å². The van der Waals surface area contributed by atoms with E-state index in [1.807, 2.05) is 49.4 Å². The van der Waals surface area contributed by atoms with Crippen molar-refractivity contribution in [1.29, 1.82) is 0 Å². The summed E-state index contributed by atoms with van der Waals surface area (Å²) in [7, 11) is 0. The fraction of sp³-hybridized carbons (Fsp3) is 0.167. The summed E-state index contributed by atoms with van der Waals surface area (Å²) in [6.07, 6.45) is 3.44. The summed E-state index contributed by atoms with van der Waals surface area (Å²) in [5.41, 5.74) is 2.81. The molecule has 3 aromatic rings. The third-order valence-corrected chi connectivity index (χ3v) is 3.67. The van der Waals surface area contributed by atoms with Crippen molar-refractivity contribution in [2.45, 2.75) is 19.9 Å². The second-order valence-electron chi connectivity index (χ2n) is 5.31. The number of aromatic nitrogens is 2. The average Bonchev–Trinajstić information content (AvgIpc) is 2.98. The molecule has 0 saturated carbocycles. The van der Waals surface area contributed by atoms with Crippen LogP contribution >= 0.6 is 0 Å².